The summed E-state index contributed by atoms with van der Waals surface area (Å²) in [5, 5.41) is 0. The standard InChI is InChI=1S/C10H13NO2.C3H7O.CH3.Sn/c12-8-6-11(7-9-13)10-4-2-1-3-5-10;1-3(2)4;;/h1-5H,6-9H2;3H,1-2H3;1H3;/q-2;-1;;+3. The van der Waals surface area contributed by atoms with Crippen molar-refractivity contribution in [3.63, 3.8) is 0 Å². The zero-order chi connectivity index (χ0) is 13.7. The van der Waals surface area contributed by atoms with Crippen molar-refractivity contribution in [1.29, 1.82) is 0 Å². The molecule has 1 aliphatic heterocycles. The van der Waals surface area contributed by atoms with Gasteiger partial charge < -0.3 is 0 Å². The first-order valence-corrected chi connectivity index (χ1v) is 13.2. The van der Waals surface area contributed by atoms with E-state index in [1.807, 2.05) is 24.9 Å². The number of hydrogen-bond donors (Lipinski definition) is 0. The number of nitrogens with zero attached hydrogens (tertiary/aromatic N) is 1. The molecule has 0 aliphatic carbocycles. The normalized spacial score (nSPS) is 20.1. The van der Waals surface area contributed by atoms with Crippen LogP contribution >= 0.6 is 0 Å². The van der Waals surface area contributed by atoms with Gasteiger partial charge in [0.1, 0.15) is 0 Å². The van der Waals surface area contributed by atoms with E-state index in [0.717, 1.165) is 13.1 Å². The Bertz CT molecular complexity index is 376. The van der Waals surface area contributed by atoms with Crippen molar-refractivity contribution in [2.75, 3.05) is 31.2 Å². The monoisotopic (exact) mass is 373 g/mol. The van der Waals surface area contributed by atoms with E-state index >= 15 is 0 Å². The van der Waals surface area contributed by atoms with Gasteiger partial charge in [-0.05, 0) is 0 Å². The third-order valence-corrected chi connectivity index (χ3v) is 9.75. The van der Waals surface area contributed by atoms with Crippen LogP contribution in [0.2, 0.25) is 4.94 Å². The summed E-state index contributed by atoms with van der Waals surface area (Å²) in [5.41, 5.74) is 1.22. The third-order valence-electron chi connectivity index (χ3n) is 3.02. The van der Waals surface area contributed by atoms with Crippen LogP contribution in [0.25, 0.3) is 0 Å². The minimum atomic E-state index is -3.22. The van der Waals surface area contributed by atoms with Gasteiger partial charge in [-0.2, -0.15) is 0 Å². The summed E-state index contributed by atoms with van der Waals surface area (Å²) in [4.78, 5) is 4.34. The van der Waals surface area contributed by atoms with Gasteiger partial charge in [0.25, 0.3) is 0 Å². The first-order valence-electron chi connectivity index (χ1n) is 6.85. The second kappa shape index (κ2) is 6.92. The Hall–Kier alpha value is -0.301. The van der Waals surface area contributed by atoms with Crippen LogP contribution in [0, 0.1) is 0 Å². The Kier molecular flexibility index (Phi) is 5.50. The maximum absolute atomic E-state index is 5.96. The number of benzene rings is 1. The second-order valence-corrected chi connectivity index (χ2v) is 12.3. The molecule has 0 aromatic heterocycles. The summed E-state index contributed by atoms with van der Waals surface area (Å²) >= 11 is -3.22. The van der Waals surface area contributed by atoms with Gasteiger partial charge in [-0.3, -0.25) is 0 Å². The van der Waals surface area contributed by atoms with Gasteiger partial charge >= 0.3 is 121 Å². The molecule has 19 heavy (non-hydrogen) atoms. The van der Waals surface area contributed by atoms with E-state index in [-0.39, 0.29) is 6.10 Å². The Morgan fingerprint density at radius 3 is 2.21 bits per heavy atom. The number of rotatable bonds is 3. The molecule has 1 aromatic carbocycles. The average molecular weight is 372 g/mol. The van der Waals surface area contributed by atoms with Crippen molar-refractivity contribution >= 4 is 25.3 Å². The van der Waals surface area contributed by atoms with Gasteiger partial charge in [0, 0.05) is 0 Å². The Morgan fingerprint density at radius 1 is 1.11 bits per heavy atom. The van der Waals surface area contributed by atoms with Crippen LogP contribution in [0.3, 0.4) is 0 Å². The van der Waals surface area contributed by atoms with Crippen molar-refractivity contribution in [1.82, 2.24) is 0 Å². The number of para-hydroxylation sites is 1. The molecule has 106 valence electrons. The molecule has 5 heteroatoms. The molecule has 0 saturated carbocycles. The van der Waals surface area contributed by atoms with E-state index in [9.17, 15) is 0 Å². The predicted molar refractivity (Wildman–Crippen MR) is 78.4 cm³/mol. The molecule has 0 radical (unpaired) electrons. The SMILES string of the molecule is CC(C)[O][Sn]1([CH3])[O]CCN(c2ccccc2)CC[O]1. The van der Waals surface area contributed by atoms with Crippen molar-refractivity contribution in [3.8, 4) is 0 Å². The van der Waals surface area contributed by atoms with Crippen LogP contribution in [-0.4, -0.2) is 52.0 Å². The van der Waals surface area contributed by atoms with E-state index in [2.05, 4.69) is 29.2 Å². The zero-order valence-corrected chi connectivity index (χ0v) is 14.8. The van der Waals surface area contributed by atoms with E-state index in [1.54, 1.807) is 0 Å². The van der Waals surface area contributed by atoms with Crippen LogP contribution in [0.1, 0.15) is 13.8 Å². The Labute approximate surface area is 121 Å². The van der Waals surface area contributed by atoms with Crippen LogP contribution in [0.15, 0.2) is 30.3 Å². The molecule has 0 bridgehead atoms. The minimum absolute atomic E-state index is 0.172. The molecular formula is C14H23NO3Sn. The number of anilines is 1. The fraction of sp³-hybridized carbons (Fsp3) is 0.571. The fourth-order valence-corrected chi connectivity index (χ4v) is 7.94. The predicted octanol–water partition coefficient (Wildman–Crippen LogP) is 2.53. The Morgan fingerprint density at radius 2 is 1.68 bits per heavy atom. The quantitative estimate of drug-likeness (QED) is 0.764. The van der Waals surface area contributed by atoms with E-state index in [0.29, 0.717) is 13.2 Å². The first kappa shape index (κ1) is 15.1. The molecule has 0 unspecified atom stereocenters. The first-order chi connectivity index (χ1) is 9.09. The summed E-state index contributed by atoms with van der Waals surface area (Å²) in [6.07, 6.45) is 0.172. The van der Waals surface area contributed by atoms with Crippen molar-refractivity contribution < 1.29 is 9.22 Å². The van der Waals surface area contributed by atoms with E-state index in [1.165, 1.54) is 5.69 Å². The van der Waals surface area contributed by atoms with Crippen LogP contribution < -0.4 is 4.90 Å². The molecule has 0 amide bonds. The van der Waals surface area contributed by atoms with Gasteiger partial charge in [0.15, 0.2) is 0 Å². The van der Waals surface area contributed by atoms with Crippen LogP contribution in [-0.2, 0) is 9.22 Å². The summed E-state index contributed by atoms with van der Waals surface area (Å²) in [6.45, 7) is 7.19. The fourth-order valence-electron chi connectivity index (χ4n) is 2.23. The molecule has 0 spiro atoms. The van der Waals surface area contributed by atoms with Crippen LogP contribution in [0.4, 0.5) is 5.69 Å². The molecule has 2 rings (SSSR count). The summed E-state index contributed by atoms with van der Waals surface area (Å²) < 4.78 is 17.8. The van der Waals surface area contributed by atoms with Crippen LogP contribution in [0.5, 0.6) is 0 Å². The molecular weight excluding hydrogens is 349 g/mol. The topological polar surface area (TPSA) is 30.9 Å². The third kappa shape index (κ3) is 4.63. The second-order valence-electron chi connectivity index (χ2n) is 5.05. The van der Waals surface area contributed by atoms with Gasteiger partial charge in [-0.15, -0.1) is 0 Å². The van der Waals surface area contributed by atoms with Crippen molar-refractivity contribution in [3.05, 3.63) is 30.3 Å². The van der Waals surface area contributed by atoms with Gasteiger partial charge in [0.05, 0.1) is 0 Å². The maximum atomic E-state index is 5.96. The average Bonchev–Trinajstić information content (AvgIpc) is 2.34. The number of hydrogen-bond acceptors (Lipinski definition) is 4. The van der Waals surface area contributed by atoms with Crippen molar-refractivity contribution in [2.24, 2.45) is 0 Å². The molecule has 1 aliphatic rings. The zero-order valence-electron chi connectivity index (χ0n) is 12.0. The molecule has 1 aromatic rings. The Balaban J connectivity index is 1.94. The van der Waals surface area contributed by atoms with Gasteiger partial charge in [0.2, 0.25) is 0 Å². The molecule has 0 N–H and O–H groups in total. The summed E-state index contributed by atoms with van der Waals surface area (Å²) in [7, 11) is 0. The van der Waals surface area contributed by atoms with Gasteiger partial charge in [-0.25, -0.2) is 0 Å². The molecule has 1 fully saturated rings. The van der Waals surface area contributed by atoms with Gasteiger partial charge in [-0.1, -0.05) is 0 Å². The summed E-state index contributed by atoms with van der Waals surface area (Å²) in [6, 6.07) is 10.4. The van der Waals surface area contributed by atoms with Crippen molar-refractivity contribution in [2.45, 2.75) is 24.9 Å². The van der Waals surface area contributed by atoms with E-state index < -0.39 is 19.6 Å². The molecule has 4 nitrogen and oxygen atoms in total. The summed E-state index contributed by atoms with van der Waals surface area (Å²) in [5.74, 6) is 0. The molecule has 1 saturated heterocycles. The molecule has 1 heterocycles. The van der Waals surface area contributed by atoms with E-state index in [4.69, 9.17) is 9.22 Å². The molecule has 0 atom stereocenters.